The van der Waals surface area contributed by atoms with E-state index in [1.165, 1.54) is 51.9 Å². The van der Waals surface area contributed by atoms with Gasteiger partial charge in [0.05, 0.1) is 0 Å². The van der Waals surface area contributed by atoms with Crippen molar-refractivity contribution in [1.29, 1.82) is 0 Å². The average molecular weight is 387 g/mol. The summed E-state index contributed by atoms with van der Waals surface area (Å²) in [5.41, 5.74) is 1.16. The maximum atomic E-state index is 11.7. The van der Waals surface area contributed by atoms with Crippen LogP contribution < -0.4 is 4.74 Å². The molecule has 0 aromatic heterocycles. The molecular weight excluding hydrogens is 356 g/mol. The first-order chi connectivity index (χ1) is 12.3. The number of rotatable bonds is 13. The molecule has 148 valence electrons. The monoisotopic (exact) mass is 386 g/mol. The first-order valence-corrected chi connectivity index (χ1v) is 10.6. The van der Waals surface area contributed by atoms with Gasteiger partial charge in [0, 0.05) is 0 Å². The van der Waals surface area contributed by atoms with Crippen LogP contribution in [-0.4, -0.2) is 25.0 Å². The summed E-state index contributed by atoms with van der Waals surface area (Å²) >= 11 is 0. The SMILES string of the molecule is CCCCCCCCCCc1ccc(OC(=O)C(C)OS(=O)(=O)O)cc1. The van der Waals surface area contributed by atoms with Gasteiger partial charge in [-0.05, 0) is 37.5 Å². The van der Waals surface area contributed by atoms with E-state index in [1.54, 1.807) is 12.1 Å². The lowest BCUT2D eigenvalue weighted by Gasteiger charge is -2.10. The number of unbranched alkanes of at least 4 members (excludes halogenated alkanes) is 7. The van der Waals surface area contributed by atoms with E-state index < -0.39 is 22.5 Å². The van der Waals surface area contributed by atoms with Crippen LogP contribution in [0.1, 0.15) is 70.8 Å². The summed E-state index contributed by atoms with van der Waals surface area (Å²) in [7, 11) is -4.69. The number of esters is 1. The minimum absolute atomic E-state index is 0.306. The molecule has 7 heteroatoms. The molecule has 0 bridgehead atoms. The van der Waals surface area contributed by atoms with Gasteiger partial charge < -0.3 is 4.74 Å². The van der Waals surface area contributed by atoms with Crippen molar-refractivity contribution in [2.45, 2.75) is 77.7 Å². The Morgan fingerprint density at radius 3 is 2.08 bits per heavy atom. The van der Waals surface area contributed by atoms with Gasteiger partial charge in [-0.25, -0.2) is 8.98 Å². The van der Waals surface area contributed by atoms with E-state index in [2.05, 4.69) is 11.1 Å². The van der Waals surface area contributed by atoms with E-state index in [0.717, 1.165) is 18.4 Å². The van der Waals surface area contributed by atoms with Gasteiger partial charge in [-0.15, -0.1) is 0 Å². The van der Waals surface area contributed by atoms with Crippen molar-refractivity contribution < 1.29 is 26.7 Å². The van der Waals surface area contributed by atoms with Crippen LogP contribution in [-0.2, 0) is 25.8 Å². The Hall–Kier alpha value is -1.44. The standard InChI is InChI=1S/C19H30O6S/c1-3-4-5-6-7-8-9-10-11-17-12-14-18(15-13-17)24-19(20)16(2)25-26(21,22)23/h12-16H,3-11H2,1-2H3,(H,21,22,23). The first kappa shape index (κ1) is 22.6. The molecule has 1 unspecified atom stereocenters. The van der Waals surface area contributed by atoms with Crippen LogP contribution in [0.25, 0.3) is 0 Å². The van der Waals surface area contributed by atoms with E-state index in [1.807, 2.05) is 12.1 Å². The molecule has 0 spiro atoms. The van der Waals surface area contributed by atoms with Crippen LogP contribution in [0, 0.1) is 0 Å². The Morgan fingerprint density at radius 2 is 1.54 bits per heavy atom. The van der Waals surface area contributed by atoms with Crippen molar-refractivity contribution in [3.05, 3.63) is 29.8 Å². The molecule has 0 fully saturated rings. The van der Waals surface area contributed by atoms with Crippen molar-refractivity contribution in [3.63, 3.8) is 0 Å². The Morgan fingerprint density at radius 1 is 1.00 bits per heavy atom. The Labute approximate surface area is 156 Å². The highest BCUT2D eigenvalue weighted by molar-refractivity contribution is 7.80. The second-order valence-electron chi connectivity index (χ2n) is 6.46. The number of hydrogen-bond donors (Lipinski definition) is 1. The molecular formula is C19H30O6S. The first-order valence-electron chi connectivity index (χ1n) is 9.28. The largest absolute Gasteiger partial charge is 0.425 e. The van der Waals surface area contributed by atoms with Gasteiger partial charge in [0.1, 0.15) is 5.75 Å². The molecule has 0 saturated carbocycles. The van der Waals surface area contributed by atoms with Gasteiger partial charge in [-0.1, -0.05) is 64.0 Å². The maximum absolute atomic E-state index is 11.7. The third-order valence-corrected chi connectivity index (χ3v) is 4.59. The van der Waals surface area contributed by atoms with Crippen molar-refractivity contribution >= 4 is 16.4 Å². The molecule has 0 aliphatic heterocycles. The van der Waals surface area contributed by atoms with Crippen LogP contribution in [0.2, 0.25) is 0 Å². The summed E-state index contributed by atoms with van der Waals surface area (Å²) in [5, 5.41) is 0. The molecule has 0 aliphatic carbocycles. The summed E-state index contributed by atoms with van der Waals surface area (Å²) in [6, 6.07) is 7.10. The van der Waals surface area contributed by atoms with E-state index in [9.17, 15) is 13.2 Å². The number of aryl methyl sites for hydroxylation is 1. The predicted octanol–water partition coefficient (Wildman–Crippen LogP) is 4.48. The normalized spacial score (nSPS) is 12.7. The number of carbonyl (C=O) groups excluding carboxylic acids is 1. The van der Waals surface area contributed by atoms with Gasteiger partial charge in [-0.3, -0.25) is 4.55 Å². The fourth-order valence-electron chi connectivity index (χ4n) is 2.61. The fourth-order valence-corrected chi connectivity index (χ4v) is 3.05. The number of hydrogen-bond acceptors (Lipinski definition) is 5. The van der Waals surface area contributed by atoms with Crippen LogP contribution in [0.3, 0.4) is 0 Å². The minimum atomic E-state index is -4.69. The highest BCUT2D eigenvalue weighted by atomic mass is 32.3. The van der Waals surface area contributed by atoms with Crippen molar-refractivity contribution in [3.8, 4) is 5.75 Å². The molecule has 1 atom stereocenters. The molecule has 6 nitrogen and oxygen atoms in total. The minimum Gasteiger partial charge on any atom is -0.425 e. The van der Waals surface area contributed by atoms with E-state index >= 15 is 0 Å². The maximum Gasteiger partial charge on any atom is 0.398 e. The average Bonchev–Trinajstić information content (AvgIpc) is 2.57. The lowest BCUT2D eigenvalue weighted by atomic mass is 10.0. The lowest BCUT2D eigenvalue weighted by Crippen LogP contribution is -2.28. The van der Waals surface area contributed by atoms with Crippen molar-refractivity contribution in [1.82, 2.24) is 0 Å². The Kier molecular flexibility index (Phi) is 10.5. The molecule has 1 rings (SSSR count). The molecule has 26 heavy (non-hydrogen) atoms. The fraction of sp³-hybridized carbons (Fsp3) is 0.632. The highest BCUT2D eigenvalue weighted by Crippen LogP contribution is 2.16. The molecule has 0 amide bonds. The van der Waals surface area contributed by atoms with Crippen molar-refractivity contribution in [2.75, 3.05) is 0 Å². The zero-order valence-electron chi connectivity index (χ0n) is 15.6. The molecule has 0 saturated heterocycles. The third-order valence-electron chi connectivity index (χ3n) is 4.06. The lowest BCUT2D eigenvalue weighted by molar-refractivity contribution is -0.141. The van der Waals surface area contributed by atoms with Crippen molar-refractivity contribution in [2.24, 2.45) is 0 Å². The van der Waals surface area contributed by atoms with Crippen LogP contribution in [0.5, 0.6) is 5.75 Å². The van der Waals surface area contributed by atoms with E-state index in [4.69, 9.17) is 9.29 Å². The zero-order chi connectivity index (χ0) is 19.4. The second-order valence-corrected chi connectivity index (χ2v) is 7.50. The smallest absolute Gasteiger partial charge is 0.398 e. The van der Waals surface area contributed by atoms with E-state index in [-0.39, 0.29) is 0 Å². The quantitative estimate of drug-likeness (QED) is 0.233. The van der Waals surface area contributed by atoms with Gasteiger partial charge in [-0.2, -0.15) is 8.42 Å². The Bertz CT molecular complexity index is 624. The summed E-state index contributed by atoms with van der Waals surface area (Å²) in [6.45, 7) is 3.41. The number of ether oxygens (including phenoxy) is 1. The zero-order valence-corrected chi connectivity index (χ0v) is 16.5. The highest BCUT2D eigenvalue weighted by Gasteiger charge is 2.22. The van der Waals surface area contributed by atoms with Crippen LogP contribution in [0.4, 0.5) is 0 Å². The van der Waals surface area contributed by atoms with Crippen LogP contribution >= 0.6 is 0 Å². The summed E-state index contributed by atoms with van der Waals surface area (Å²) in [4.78, 5) is 11.7. The van der Waals surface area contributed by atoms with E-state index in [0.29, 0.717) is 5.75 Å². The summed E-state index contributed by atoms with van der Waals surface area (Å²) in [5.74, 6) is -0.584. The molecule has 0 radical (unpaired) electrons. The van der Waals surface area contributed by atoms with Gasteiger partial charge >= 0.3 is 16.4 Å². The third kappa shape index (κ3) is 10.5. The number of carbonyl (C=O) groups is 1. The van der Waals surface area contributed by atoms with Gasteiger partial charge in [0.15, 0.2) is 6.10 Å². The predicted molar refractivity (Wildman–Crippen MR) is 100 cm³/mol. The molecule has 1 aromatic rings. The number of benzene rings is 1. The molecule has 0 heterocycles. The molecule has 1 N–H and O–H groups in total. The van der Waals surface area contributed by atoms with Crippen LogP contribution in [0.15, 0.2) is 24.3 Å². The van der Waals surface area contributed by atoms with Gasteiger partial charge in [0.25, 0.3) is 0 Å². The summed E-state index contributed by atoms with van der Waals surface area (Å²) in [6.07, 6.45) is 9.75. The Balaban J connectivity index is 2.27. The topological polar surface area (TPSA) is 89.9 Å². The molecule has 0 aliphatic rings. The summed E-state index contributed by atoms with van der Waals surface area (Å²) < 4.78 is 38.9. The molecule has 1 aromatic carbocycles. The second kappa shape index (κ2) is 12.0. The van der Waals surface area contributed by atoms with Gasteiger partial charge in [0.2, 0.25) is 0 Å².